The van der Waals surface area contributed by atoms with E-state index in [9.17, 15) is 9.59 Å². The van der Waals surface area contributed by atoms with E-state index in [1.165, 1.54) is 4.90 Å². The average molecular weight is 333 g/mol. The summed E-state index contributed by atoms with van der Waals surface area (Å²) in [6.45, 7) is 0.775. The third-order valence-electron chi connectivity index (χ3n) is 2.59. The van der Waals surface area contributed by atoms with Crippen molar-refractivity contribution in [2.45, 2.75) is 12.8 Å². The molecule has 1 saturated heterocycles. The fraction of sp³-hybridized carbons (Fsp3) is 0.364. The molecule has 0 bridgehead atoms. The van der Waals surface area contributed by atoms with Gasteiger partial charge in [0.2, 0.25) is 11.8 Å². The van der Waals surface area contributed by atoms with Gasteiger partial charge in [0.25, 0.3) is 0 Å². The second-order valence-electron chi connectivity index (χ2n) is 3.85. The summed E-state index contributed by atoms with van der Waals surface area (Å²) in [6, 6.07) is 1.73. The Hall–Kier alpha value is -1.14. The number of imide groups is 1. The van der Waals surface area contributed by atoms with E-state index < -0.39 is 0 Å². The highest BCUT2D eigenvalue weighted by atomic mass is 79.9. The lowest BCUT2D eigenvalue weighted by molar-refractivity contribution is -0.138. The third-order valence-corrected chi connectivity index (χ3v) is 3.31. The zero-order chi connectivity index (χ0) is 13.1. The minimum absolute atomic E-state index is 0.114. The average Bonchev–Trinajstić information content (AvgIpc) is 2.63. The molecule has 0 spiro atoms. The van der Waals surface area contributed by atoms with Gasteiger partial charge in [-0.2, -0.15) is 0 Å². The number of aromatic nitrogens is 1. The van der Waals surface area contributed by atoms with Gasteiger partial charge in [0.05, 0.1) is 5.02 Å². The lowest BCUT2D eigenvalue weighted by Gasteiger charge is -2.14. The van der Waals surface area contributed by atoms with Crippen molar-refractivity contribution in [1.29, 1.82) is 0 Å². The first kappa shape index (κ1) is 13.3. The van der Waals surface area contributed by atoms with Crippen LogP contribution in [-0.4, -0.2) is 34.8 Å². The highest BCUT2D eigenvalue weighted by Gasteiger charge is 2.28. The standard InChI is InChI=1S/C11H11BrClN3O2/c12-7-5-8(13)11(15-6-7)14-3-4-16-9(17)1-2-10(16)18/h5-6H,1-4H2,(H,14,15). The quantitative estimate of drug-likeness (QED) is 0.857. The number of hydrogen-bond acceptors (Lipinski definition) is 4. The Labute approximate surface area is 118 Å². The van der Waals surface area contributed by atoms with Gasteiger partial charge in [-0.3, -0.25) is 14.5 Å². The second kappa shape index (κ2) is 5.67. The number of hydrogen-bond donors (Lipinski definition) is 1. The van der Waals surface area contributed by atoms with Crippen LogP contribution in [-0.2, 0) is 9.59 Å². The van der Waals surface area contributed by atoms with Gasteiger partial charge in [-0.25, -0.2) is 4.98 Å². The minimum Gasteiger partial charge on any atom is -0.367 e. The number of nitrogens with zero attached hydrogens (tertiary/aromatic N) is 2. The van der Waals surface area contributed by atoms with Crippen LogP contribution >= 0.6 is 27.5 Å². The summed E-state index contributed by atoms with van der Waals surface area (Å²) in [5.41, 5.74) is 0. The maximum Gasteiger partial charge on any atom is 0.229 e. The highest BCUT2D eigenvalue weighted by molar-refractivity contribution is 9.10. The molecule has 1 N–H and O–H groups in total. The lowest BCUT2D eigenvalue weighted by Crippen LogP contribution is -2.33. The van der Waals surface area contributed by atoms with E-state index in [2.05, 4.69) is 26.2 Å². The van der Waals surface area contributed by atoms with E-state index in [0.29, 0.717) is 36.8 Å². The molecule has 5 nitrogen and oxygen atoms in total. The second-order valence-corrected chi connectivity index (χ2v) is 5.17. The van der Waals surface area contributed by atoms with Crippen LogP contribution in [0.5, 0.6) is 0 Å². The van der Waals surface area contributed by atoms with Crippen LogP contribution in [0.25, 0.3) is 0 Å². The summed E-state index contributed by atoms with van der Waals surface area (Å²) >= 11 is 9.24. The Morgan fingerprint density at radius 3 is 2.67 bits per heavy atom. The number of amides is 2. The number of anilines is 1. The number of carbonyl (C=O) groups excluding carboxylic acids is 2. The SMILES string of the molecule is O=C1CCC(=O)N1CCNc1ncc(Br)cc1Cl. The van der Waals surface area contributed by atoms with Crippen molar-refractivity contribution in [3.8, 4) is 0 Å². The molecule has 0 aromatic carbocycles. The summed E-state index contributed by atoms with van der Waals surface area (Å²) in [6.07, 6.45) is 2.26. The van der Waals surface area contributed by atoms with Crippen LogP contribution in [0.4, 0.5) is 5.82 Å². The largest absolute Gasteiger partial charge is 0.367 e. The molecule has 2 heterocycles. The summed E-state index contributed by atoms with van der Waals surface area (Å²) < 4.78 is 0.794. The first-order valence-electron chi connectivity index (χ1n) is 5.46. The van der Waals surface area contributed by atoms with Gasteiger partial charge in [-0.15, -0.1) is 0 Å². The molecule has 1 aromatic heterocycles. The Bertz CT molecular complexity index is 479. The van der Waals surface area contributed by atoms with Crippen LogP contribution in [0.1, 0.15) is 12.8 Å². The van der Waals surface area contributed by atoms with Gasteiger partial charge in [0, 0.05) is 36.6 Å². The Balaban J connectivity index is 1.88. The number of likely N-dealkylation sites (tertiary alicyclic amines) is 1. The molecule has 0 aliphatic carbocycles. The fourth-order valence-corrected chi connectivity index (χ4v) is 2.40. The summed E-state index contributed by atoms with van der Waals surface area (Å²) in [5.74, 6) is 0.312. The topological polar surface area (TPSA) is 62.3 Å². The van der Waals surface area contributed by atoms with Gasteiger partial charge in [0.15, 0.2) is 0 Å². The molecule has 96 valence electrons. The van der Waals surface area contributed by atoms with E-state index in [-0.39, 0.29) is 11.8 Å². The highest BCUT2D eigenvalue weighted by Crippen LogP contribution is 2.22. The fourth-order valence-electron chi connectivity index (χ4n) is 1.70. The zero-order valence-electron chi connectivity index (χ0n) is 9.45. The molecule has 1 aliphatic rings. The minimum atomic E-state index is -0.114. The number of carbonyl (C=O) groups is 2. The van der Waals surface area contributed by atoms with Crippen molar-refractivity contribution < 1.29 is 9.59 Å². The van der Waals surface area contributed by atoms with Gasteiger partial charge in [0.1, 0.15) is 5.82 Å². The number of halogens is 2. The van der Waals surface area contributed by atoms with Crippen molar-refractivity contribution in [1.82, 2.24) is 9.88 Å². The molecular formula is C11H11BrClN3O2. The molecule has 0 atom stereocenters. The molecule has 1 fully saturated rings. The van der Waals surface area contributed by atoms with E-state index in [0.717, 1.165) is 4.47 Å². The third kappa shape index (κ3) is 3.00. The van der Waals surface area contributed by atoms with Crippen molar-refractivity contribution >= 4 is 45.2 Å². The van der Waals surface area contributed by atoms with Gasteiger partial charge in [-0.05, 0) is 22.0 Å². The molecule has 1 aliphatic heterocycles. The molecule has 2 rings (SSSR count). The number of pyridine rings is 1. The van der Waals surface area contributed by atoms with Crippen molar-refractivity contribution in [3.05, 3.63) is 21.8 Å². The van der Waals surface area contributed by atoms with Crippen LogP contribution < -0.4 is 5.32 Å². The summed E-state index contributed by atoms with van der Waals surface area (Å²) in [7, 11) is 0. The molecule has 0 unspecified atom stereocenters. The Morgan fingerprint density at radius 1 is 1.39 bits per heavy atom. The lowest BCUT2D eigenvalue weighted by atomic mass is 10.4. The molecule has 0 radical (unpaired) electrons. The van der Waals surface area contributed by atoms with E-state index >= 15 is 0 Å². The van der Waals surface area contributed by atoms with Gasteiger partial charge >= 0.3 is 0 Å². The van der Waals surface area contributed by atoms with E-state index in [4.69, 9.17) is 11.6 Å². The van der Waals surface area contributed by atoms with Crippen LogP contribution in [0, 0.1) is 0 Å². The number of rotatable bonds is 4. The smallest absolute Gasteiger partial charge is 0.229 e. The maximum absolute atomic E-state index is 11.4. The van der Waals surface area contributed by atoms with Crippen LogP contribution in [0.15, 0.2) is 16.7 Å². The van der Waals surface area contributed by atoms with E-state index in [1.807, 2.05) is 0 Å². The molecular weight excluding hydrogens is 321 g/mol. The molecule has 7 heteroatoms. The Morgan fingerprint density at radius 2 is 2.06 bits per heavy atom. The first-order chi connectivity index (χ1) is 8.58. The van der Waals surface area contributed by atoms with Crippen LogP contribution in [0.2, 0.25) is 5.02 Å². The molecule has 18 heavy (non-hydrogen) atoms. The Kier molecular flexibility index (Phi) is 4.19. The van der Waals surface area contributed by atoms with Crippen molar-refractivity contribution in [2.75, 3.05) is 18.4 Å². The van der Waals surface area contributed by atoms with Crippen molar-refractivity contribution in [2.24, 2.45) is 0 Å². The normalized spacial score (nSPS) is 15.3. The predicted molar refractivity (Wildman–Crippen MR) is 71.4 cm³/mol. The monoisotopic (exact) mass is 331 g/mol. The maximum atomic E-state index is 11.4. The van der Waals surface area contributed by atoms with Crippen LogP contribution in [0.3, 0.4) is 0 Å². The molecule has 2 amide bonds. The van der Waals surface area contributed by atoms with Crippen molar-refractivity contribution in [3.63, 3.8) is 0 Å². The first-order valence-corrected chi connectivity index (χ1v) is 6.63. The summed E-state index contributed by atoms with van der Waals surface area (Å²) in [4.78, 5) is 28.1. The predicted octanol–water partition coefficient (Wildman–Crippen LogP) is 2.06. The van der Waals surface area contributed by atoms with Gasteiger partial charge in [-0.1, -0.05) is 11.6 Å². The number of nitrogens with one attached hydrogen (secondary N) is 1. The molecule has 0 saturated carbocycles. The summed E-state index contributed by atoms with van der Waals surface area (Å²) in [5, 5.41) is 3.49. The molecule has 1 aromatic rings. The zero-order valence-corrected chi connectivity index (χ0v) is 11.8. The van der Waals surface area contributed by atoms with Gasteiger partial charge < -0.3 is 5.32 Å². The van der Waals surface area contributed by atoms with E-state index in [1.54, 1.807) is 12.3 Å².